The van der Waals surface area contributed by atoms with Crippen molar-refractivity contribution in [1.29, 1.82) is 0 Å². The minimum Gasteiger partial charge on any atom is -0.468 e. The Morgan fingerprint density at radius 1 is 0.966 bits per heavy atom. The monoisotopic (exact) mass is 388 g/mol. The maximum absolute atomic E-state index is 13.4. The summed E-state index contributed by atoms with van der Waals surface area (Å²) >= 11 is 0. The number of amides is 1. The van der Waals surface area contributed by atoms with E-state index in [-0.39, 0.29) is 17.9 Å². The Bertz CT molecular complexity index is 947. The van der Waals surface area contributed by atoms with E-state index in [9.17, 15) is 4.79 Å². The highest BCUT2D eigenvalue weighted by molar-refractivity contribution is 5.89. The molecule has 1 atom stereocenters. The number of rotatable bonds is 5. The van der Waals surface area contributed by atoms with E-state index in [1.54, 1.807) is 6.26 Å². The normalized spacial score (nSPS) is 17.2. The van der Waals surface area contributed by atoms with Crippen molar-refractivity contribution < 1.29 is 13.9 Å². The lowest BCUT2D eigenvalue weighted by Crippen LogP contribution is -2.39. The Morgan fingerprint density at radius 3 is 2.24 bits per heavy atom. The number of ether oxygens (including phenoxy) is 1. The van der Waals surface area contributed by atoms with Gasteiger partial charge in [0, 0.05) is 17.7 Å². The zero-order valence-electron chi connectivity index (χ0n) is 16.2. The molecule has 1 saturated heterocycles. The maximum atomic E-state index is 13.4. The van der Waals surface area contributed by atoms with Crippen molar-refractivity contribution >= 4 is 5.91 Å². The summed E-state index contributed by atoms with van der Waals surface area (Å²) < 4.78 is 11.7. The molecule has 1 unspecified atom stereocenters. The molecule has 5 nitrogen and oxygen atoms in total. The molecule has 2 aromatic carbocycles. The summed E-state index contributed by atoms with van der Waals surface area (Å²) in [5.41, 5.74) is 1.80. The van der Waals surface area contributed by atoms with Gasteiger partial charge in [-0.15, -0.1) is 0 Å². The number of nitrogens with one attached hydrogen (secondary N) is 1. The van der Waals surface area contributed by atoms with Crippen LogP contribution in [0.4, 0.5) is 0 Å². The second kappa shape index (κ2) is 7.76. The second-order valence-corrected chi connectivity index (χ2v) is 7.63. The summed E-state index contributed by atoms with van der Waals surface area (Å²) in [6.45, 7) is 2.59. The molecule has 0 bridgehead atoms. The van der Waals surface area contributed by atoms with Crippen LogP contribution in [0.25, 0.3) is 0 Å². The lowest BCUT2D eigenvalue weighted by molar-refractivity contribution is -0.122. The molecular formula is C24H24N2O3. The third-order valence-electron chi connectivity index (χ3n) is 5.86. The number of likely N-dealkylation sites (tertiary alicyclic amines) is 1. The molecule has 1 fully saturated rings. The van der Waals surface area contributed by atoms with Crippen molar-refractivity contribution in [3.63, 3.8) is 0 Å². The van der Waals surface area contributed by atoms with Crippen LogP contribution in [0, 0.1) is 0 Å². The molecule has 29 heavy (non-hydrogen) atoms. The van der Waals surface area contributed by atoms with Gasteiger partial charge < -0.3 is 14.5 Å². The number of carbonyl (C=O) groups is 1. The number of hydrogen-bond donors (Lipinski definition) is 1. The molecule has 1 amide bonds. The second-order valence-electron chi connectivity index (χ2n) is 7.63. The van der Waals surface area contributed by atoms with Crippen LogP contribution >= 0.6 is 0 Å². The van der Waals surface area contributed by atoms with Crippen molar-refractivity contribution in [1.82, 2.24) is 10.2 Å². The molecule has 1 N–H and O–H groups in total. The van der Waals surface area contributed by atoms with Gasteiger partial charge in [0.25, 0.3) is 0 Å². The summed E-state index contributed by atoms with van der Waals surface area (Å²) in [5, 5.41) is 3.20. The van der Waals surface area contributed by atoms with E-state index in [1.165, 1.54) is 12.8 Å². The number of fused-ring (bicyclic) bond motifs is 2. The van der Waals surface area contributed by atoms with Crippen molar-refractivity contribution in [2.75, 3.05) is 19.6 Å². The number of nitrogens with zero attached hydrogens (tertiary/aromatic N) is 1. The van der Waals surface area contributed by atoms with E-state index in [0.29, 0.717) is 6.54 Å². The summed E-state index contributed by atoms with van der Waals surface area (Å²) in [5.74, 6) is 2.00. The summed E-state index contributed by atoms with van der Waals surface area (Å²) in [4.78, 5) is 15.8. The van der Waals surface area contributed by atoms with Gasteiger partial charge in [-0.05, 0) is 50.2 Å². The third kappa shape index (κ3) is 3.42. The van der Waals surface area contributed by atoms with Crippen LogP contribution in [0.1, 0.15) is 41.7 Å². The zero-order chi connectivity index (χ0) is 19.6. The van der Waals surface area contributed by atoms with Crippen LogP contribution in [0.2, 0.25) is 0 Å². The molecule has 0 spiro atoms. The van der Waals surface area contributed by atoms with Gasteiger partial charge in [-0.3, -0.25) is 9.69 Å². The first-order chi connectivity index (χ1) is 14.3. The quantitative estimate of drug-likeness (QED) is 0.701. The number of benzene rings is 2. The Morgan fingerprint density at radius 2 is 1.62 bits per heavy atom. The molecule has 2 aliphatic rings. The standard InChI is InChI=1S/C24H24N2O3/c27-24(25-16-19(22-12-7-15-28-22)26-13-5-6-14-26)23-17-8-1-3-10-20(17)29-21-11-4-2-9-18(21)23/h1-4,7-12,15,19,23H,5-6,13-14,16H2,(H,25,27). The Hall–Kier alpha value is -3.05. The van der Waals surface area contributed by atoms with Crippen LogP contribution < -0.4 is 10.1 Å². The molecule has 1 aromatic heterocycles. The highest BCUT2D eigenvalue weighted by Crippen LogP contribution is 2.44. The average Bonchev–Trinajstić information content (AvgIpc) is 3.47. The van der Waals surface area contributed by atoms with Gasteiger partial charge in [0.1, 0.15) is 17.3 Å². The van der Waals surface area contributed by atoms with Crippen LogP contribution in [-0.2, 0) is 4.79 Å². The molecular weight excluding hydrogens is 364 g/mol. The van der Waals surface area contributed by atoms with Crippen LogP contribution in [0.5, 0.6) is 11.5 Å². The fraction of sp³-hybridized carbons (Fsp3) is 0.292. The Labute approximate surface area is 170 Å². The van der Waals surface area contributed by atoms with E-state index in [2.05, 4.69) is 10.2 Å². The SMILES string of the molecule is O=C(NCC(c1ccco1)N1CCCC1)C1c2ccccc2Oc2ccccc21. The van der Waals surface area contributed by atoms with Gasteiger partial charge in [-0.1, -0.05) is 36.4 Å². The Balaban J connectivity index is 1.41. The number of furan rings is 1. The highest BCUT2D eigenvalue weighted by atomic mass is 16.5. The molecule has 148 valence electrons. The number of carbonyl (C=O) groups excluding carboxylic acids is 1. The first-order valence-corrected chi connectivity index (χ1v) is 10.2. The molecule has 3 heterocycles. The van der Waals surface area contributed by atoms with Crippen molar-refractivity contribution in [2.45, 2.75) is 24.8 Å². The fourth-order valence-electron chi connectivity index (χ4n) is 4.44. The summed E-state index contributed by atoms with van der Waals surface area (Å²) in [6.07, 6.45) is 4.07. The molecule has 5 rings (SSSR count). The third-order valence-corrected chi connectivity index (χ3v) is 5.86. The predicted octanol–water partition coefficient (Wildman–Crippen LogP) is 4.47. The van der Waals surface area contributed by atoms with Gasteiger partial charge in [0.05, 0.1) is 18.2 Å². The topological polar surface area (TPSA) is 54.7 Å². The largest absolute Gasteiger partial charge is 0.468 e. The van der Waals surface area contributed by atoms with Crippen LogP contribution in [-0.4, -0.2) is 30.4 Å². The molecule has 0 saturated carbocycles. The zero-order valence-corrected chi connectivity index (χ0v) is 16.2. The van der Waals surface area contributed by atoms with E-state index in [1.807, 2.05) is 60.7 Å². The van der Waals surface area contributed by atoms with Crippen molar-refractivity contribution in [3.8, 4) is 11.5 Å². The molecule has 3 aromatic rings. The minimum atomic E-state index is -0.382. The van der Waals surface area contributed by atoms with Gasteiger partial charge in [-0.25, -0.2) is 0 Å². The molecule has 0 aliphatic carbocycles. The summed E-state index contributed by atoms with van der Waals surface area (Å²) in [6, 6.07) is 19.5. The Kier molecular flexibility index (Phi) is 4.82. The van der Waals surface area contributed by atoms with E-state index < -0.39 is 0 Å². The van der Waals surface area contributed by atoms with Crippen molar-refractivity contribution in [2.24, 2.45) is 0 Å². The average molecular weight is 388 g/mol. The van der Waals surface area contributed by atoms with Crippen molar-refractivity contribution in [3.05, 3.63) is 83.8 Å². The summed E-state index contributed by atoms with van der Waals surface area (Å²) in [7, 11) is 0. The van der Waals surface area contributed by atoms with Crippen LogP contribution in [0.3, 0.4) is 0 Å². The molecule has 5 heteroatoms. The predicted molar refractivity (Wildman–Crippen MR) is 110 cm³/mol. The number of para-hydroxylation sites is 2. The lowest BCUT2D eigenvalue weighted by Gasteiger charge is -2.29. The first-order valence-electron chi connectivity index (χ1n) is 10.2. The van der Waals surface area contributed by atoms with Gasteiger partial charge >= 0.3 is 0 Å². The van der Waals surface area contributed by atoms with Gasteiger partial charge in [-0.2, -0.15) is 0 Å². The van der Waals surface area contributed by atoms with E-state index in [4.69, 9.17) is 9.15 Å². The highest BCUT2D eigenvalue weighted by Gasteiger charge is 2.33. The lowest BCUT2D eigenvalue weighted by atomic mass is 9.87. The number of hydrogen-bond acceptors (Lipinski definition) is 4. The van der Waals surface area contributed by atoms with Gasteiger partial charge in [0.2, 0.25) is 5.91 Å². The van der Waals surface area contributed by atoms with Gasteiger partial charge in [0.15, 0.2) is 0 Å². The first kappa shape index (κ1) is 18.0. The molecule has 0 radical (unpaired) electrons. The van der Waals surface area contributed by atoms with E-state index >= 15 is 0 Å². The molecule has 2 aliphatic heterocycles. The fourth-order valence-corrected chi connectivity index (χ4v) is 4.44. The maximum Gasteiger partial charge on any atom is 0.232 e. The van der Waals surface area contributed by atoms with Crippen LogP contribution in [0.15, 0.2) is 71.3 Å². The minimum absolute atomic E-state index is 0.0102. The van der Waals surface area contributed by atoms with E-state index in [0.717, 1.165) is 41.5 Å². The smallest absolute Gasteiger partial charge is 0.232 e.